The zero-order valence-corrected chi connectivity index (χ0v) is 13.4. The molecule has 0 spiro atoms. The summed E-state index contributed by atoms with van der Waals surface area (Å²) in [6.45, 7) is 3.20. The summed E-state index contributed by atoms with van der Waals surface area (Å²) in [5.74, 6) is -0.526. The maximum atomic E-state index is 11.3. The molecule has 9 nitrogen and oxygen atoms in total. The van der Waals surface area contributed by atoms with Gasteiger partial charge in [0, 0.05) is 38.7 Å². The third-order valence-corrected chi connectivity index (χ3v) is 3.75. The summed E-state index contributed by atoms with van der Waals surface area (Å²) < 4.78 is 17.9. The number of ether oxygens (including phenoxy) is 3. The van der Waals surface area contributed by atoms with Gasteiger partial charge >= 0.3 is 5.97 Å². The number of hydrogen-bond acceptors (Lipinski definition) is 7. The molecule has 2 aromatic heterocycles. The highest BCUT2D eigenvalue weighted by molar-refractivity contribution is 5.87. The van der Waals surface area contributed by atoms with E-state index in [0.29, 0.717) is 51.1 Å². The van der Waals surface area contributed by atoms with E-state index in [-0.39, 0.29) is 11.8 Å². The van der Waals surface area contributed by atoms with Crippen LogP contribution >= 0.6 is 0 Å². The third-order valence-electron chi connectivity index (χ3n) is 3.75. The second-order valence-corrected chi connectivity index (χ2v) is 5.41. The van der Waals surface area contributed by atoms with Crippen LogP contribution in [0.5, 0.6) is 0 Å². The third kappa shape index (κ3) is 3.64. The number of imidazole rings is 1. The summed E-state index contributed by atoms with van der Waals surface area (Å²) in [5, 5.41) is 9.25. The van der Waals surface area contributed by atoms with Crippen molar-refractivity contribution >= 4 is 17.6 Å². The van der Waals surface area contributed by atoms with Crippen molar-refractivity contribution < 1.29 is 24.1 Å². The molecule has 1 N–H and O–H groups in total. The fourth-order valence-corrected chi connectivity index (χ4v) is 2.60. The first-order chi connectivity index (χ1) is 11.7. The molecule has 0 radical (unpaired) electrons. The van der Waals surface area contributed by atoms with Crippen LogP contribution in [0.3, 0.4) is 0 Å². The van der Waals surface area contributed by atoms with Crippen molar-refractivity contribution in [2.45, 2.75) is 6.10 Å². The second kappa shape index (κ2) is 7.56. The second-order valence-electron chi connectivity index (χ2n) is 5.41. The number of rotatable bonds is 7. The molecule has 0 aromatic carbocycles. The lowest BCUT2D eigenvalue weighted by Crippen LogP contribution is -2.45. The van der Waals surface area contributed by atoms with E-state index in [1.54, 1.807) is 23.9 Å². The van der Waals surface area contributed by atoms with Crippen molar-refractivity contribution in [2.75, 3.05) is 51.5 Å². The minimum Gasteiger partial charge on any atom is -0.477 e. The molecule has 0 amide bonds. The van der Waals surface area contributed by atoms with E-state index in [4.69, 9.17) is 14.2 Å². The Labute approximate surface area is 138 Å². The molecule has 130 valence electrons. The maximum Gasteiger partial charge on any atom is 0.354 e. The number of fused-ring (bicyclic) bond motifs is 1. The number of nitrogens with zero attached hydrogens (tertiary/aromatic N) is 4. The van der Waals surface area contributed by atoms with E-state index in [0.717, 1.165) is 0 Å². The predicted octanol–water partition coefficient (Wildman–Crippen LogP) is 0.296. The summed E-state index contributed by atoms with van der Waals surface area (Å²) in [5.41, 5.74) is 0.528. The largest absolute Gasteiger partial charge is 0.477 e. The molecule has 1 saturated heterocycles. The van der Waals surface area contributed by atoms with Gasteiger partial charge < -0.3 is 24.2 Å². The topological polar surface area (TPSA) is 98.4 Å². The molecule has 3 rings (SSSR count). The van der Waals surface area contributed by atoms with Crippen LogP contribution in [0.4, 0.5) is 5.95 Å². The number of aromatic nitrogens is 3. The Hall–Kier alpha value is -2.23. The van der Waals surface area contributed by atoms with Crippen molar-refractivity contribution in [2.24, 2.45) is 0 Å². The lowest BCUT2D eigenvalue weighted by Gasteiger charge is -2.33. The number of morpholine rings is 1. The Kier molecular flexibility index (Phi) is 5.24. The smallest absolute Gasteiger partial charge is 0.354 e. The standard InChI is InChI=1S/C15H20N4O5/c1-22-6-7-23-10-11-9-18(4-5-24-11)15-17-12(14(20)21)8-13-16-2-3-19(13)15/h2-3,8,11H,4-7,9-10H2,1H3,(H,20,21). The molecule has 2 aromatic rings. The van der Waals surface area contributed by atoms with E-state index in [2.05, 4.69) is 9.97 Å². The van der Waals surface area contributed by atoms with Crippen molar-refractivity contribution in [3.63, 3.8) is 0 Å². The van der Waals surface area contributed by atoms with Crippen molar-refractivity contribution in [1.29, 1.82) is 0 Å². The molecule has 0 bridgehead atoms. The number of methoxy groups -OCH3 is 1. The average Bonchev–Trinajstić information content (AvgIpc) is 3.06. The van der Waals surface area contributed by atoms with E-state index < -0.39 is 5.97 Å². The van der Waals surface area contributed by atoms with Gasteiger partial charge in [-0.05, 0) is 0 Å². The summed E-state index contributed by atoms with van der Waals surface area (Å²) in [6, 6.07) is 1.46. The van der Waals surface area contributed by atoms with Crippen molar-refractivity contribution in [3.8, 4) is 0 Å². The van der Waals surface area contributed by atoms with Gasteiger partial charge in [0.2, 0.25) is 5.95 Å². The van der Waals surface area contributed by atoms with Crippen molar-refractivity contribution in [3.05, 3.63) is 24.2 Å². The van der Waals surface area contributed by atoms with Gasteiger partial charge in [0.25, 0.3) is 0 Å². The highest BCUT2D eigenvalue weighted by Crippen LogP contribution is 2.19. The van der Waals surface area contributed by atoms with Gasteiger partial charge in [-0.1, -0.05) is 0 Å². The lowest BCUT2D eigenvalue weighted by atomic mass is 10.3. The molecule has 0 saturated carbocycles. The molecular formula is C15H20N4O5. The number of aromatic carboxylic acids is 1. The van der Waals surface area contributed by atoms with E-state index in [1.165, 1.54) is 6.07 Å². The number of anilines is 1. The normalized spacial score (nSPS) is 18.2. The fraction of sp³-hybridized carbons (Fsp3) is 0.533. The van der Waals surface area contributed by atoms with Crippen LogP contribution in [0, 0.1) is 0 Å². The zero-order chi connectivity index (χ0) is 16.9. The predicted molar refractivity (Wildman–Crippen MR) is 84.6 cm³/mol. The molecule has 1 aliphatic heterocycles. The van der Waals surface area contributed by atoms with Crippen LogP contribution in [-0.2, 0) is 14.2 Å². The first-order valence-electron chi connectivity index (χ1n) is 7.69. The lowest BCUT2D eigenvalue weighted by molar-refractivity contribution is -0.0332. The van der Waals surface area contributed by atoms with Crippen LogP contribution < -0.4 is 4.90 Å². The molecule has 1 unspecified atom stereocenters. The van der Waals surface area contributed by atoms with E-state index in [1.807, 2.05) is 4.90 Å². The van der Waals surface area contributed by atoms with Gasteiger partial charge in [0.15, 0.2) is 5.69 Å². The molecule has 0 aliphatic carbocycles. The zero-order valence-electron chi connectivity index (χ0n) is 13.4. The Morgan fingerprint density at radius 2 is 2.38 bits per heavy atom. The quantitative estimate of drug-likeness (QED) is 0.721. The van der Waals surface area contributed by atoms with Crippen LogP contribution in [-0.4, -0.2) is 78.2 Å². The van der Waals surface area contributed by atoms with Gasteiger partial charge in [-0.25, -0.2) is 14.8 Å². The van der Waals surface area contributed by atoms with Gasteiger partial charge in [0.05, 0.1) is 32.5 Å². The molecule has 9 heteroatoms. The van der Waals surface area contributed by atoms with Gasteiger partial charge in [-0.15, -0.1) is 0 Å². The van der Waals surface area contributed by atoms with Gasteiger partial charge in [-0.3, -0.25) is 4.40 Å². The molecule has 1 aliphatic rings. The average molecular weight is 336 g/mol. The Bertz CT molecular complexity index is 704. The summed E-state index contributed by atoms with van der Waals surface area (Å²) in [4.78, 5) is 21.7. The van der Waals surface area contributed by atoms with Crippen LogP contribution in [0.2, 0.25) is 0 Å². The minimum absolute atomic E-state index is 0.0249. The number of hydrogen-bond donors (Lipinski definition) is 1. The summed E-state index contributed by atoms with van der Waals surface area (Å²) in [7, 11) is 1.62. The summed E-state index contributed by atoms with van der Waals surface area (Å²) >= 11 is 0. The highest BCUT2D eigenvalue weighted by Gasteiger charge is 2.24. The van der Waals surface area contributed by atoms with Gasteiger partial charge in [0.1, 0.15) is 5.65 Å². The van der Waals surface area contributed by atoms with Crippen LogP contribution in [0.25, 0.3) is 5.65 Å². The monoisotopic (exact) mass is 336 g/mol. The van der Waals surface area contributed by atoms with Crippen LogP contribution in [0.15, 0.2) is 18.5 Å². The molecule has 3 heterocycles. The fourth-order valence-electron chi connectivity index (χ4n) is 2.60. The Balaban J connectivity index is 1.76. The SMILES string of the molecule is COCCOCC1CN(c2nc(C(=O)O)cc3nccn23)CCO1. The number of carboxylic acid groups (broad SMARTS) is 1. The van der Waals surface area contributed by atoms with Crippen LogP contribution in [0.1, 0.15) is 10.5 Å². The summed E-state index contributed by atoms with van der Waals surface area (Å²) in [6.07, 6.45) is 3.28. The van der Waals surface area contributed by atoms with Gasteiger partial charge in [-0.2, -0.15) is 0 Å². The maximum absolute atomic E-state index is 11.3. The molecule has 24 heavy (non-hydrogen) atoms. The Morgan fingerprint density at radius 3 is 3.17 bits per heavy atom. The van der Waals surface area contributed by atoms with E-state index >= 15 is 0 Å². The van der Waals surface area contributed by atoms with E-state index in [9.17, 15) is 9.90 Å². The molecule has 1 atom stereocenters. The first kappa shape index (κ1) is 16.6. The number of carboxylic acids is 1. The highest BCUT2D eigenvalue weighted by atomic mass is 16.5. The number of carbonyl (C=O) groups is 1. The van der Waals surface area contributed by atoms with Crippen molar-refractivity contribution in [1.82, 2.24) is 14.4 Å². The first-order valence-corrected chi connectivity index (χ1v) is 7.69. The Morgan fingerprint density at radius 1 is 1.50 bits per heavy atom. The minimum atomic E-state index is -1.07. The molecular weight excluding hydrogens is 316 g/mol. The molecule has 1 fully saturated rings.